The van der Waals surface area contributed by atoms with Crippen LogP contribution in [0.1, 0.15) is 32.1 Å². The minimum absolute atomic E-state index is 0.241. The van der Waals surface area contributed by atoms with E-state index in [0.717, 1.165) is 24.7 Å². The maximum Gasteiger partial charge on any atom is 0.322 e. The summed E-state index contributed by atoms with van der Waals surface area (Å²) in [4.78, 5) is 11.3. The summed E-state index contributed by atoms with van der Waals surface area (Å²) in [5.41, 5.74) is 5.86. The lowest BCUT2D eigenvalue weighted by molar-refractivity contribution is -0.143. The van der Waals surface area contributed by atoms with Gasteiger partial charge in [-0.05, 0) is 30.6 Å². The number of nitrogens with two attached hydrogens (primary N) is 1. The first kappa shape index (κ1) is 9.97. The highest BCUT2D eigenvalue weighted by Crippen LogP contribution is 2.47. The van der Waals surface area contributed by atoms with Gasteiger partial charge in [-0.2, -0.15) is 0 Å². The van der Waals surface area contributed by atoms with E-state index in [1.165, 1.54) is 26.4 Å². The molecule has 2 N–H and O–H groups in total. The number of hydrogen-bond donors (Lipinski definition) is 1. The van der Waals surface area contributed by atoms with E-state index in [-0.39, 0.29) is 12.0 Å². The van der Waals surface area contributed by atoms with Gasteiger partial charge >= 0.3 is 5.97 Å². The number of carbonyl (C=O) groups excluding carboxylic acids is 1. The molecule has 3 atom stereocenters. The van der Waals surface area contributed by atoms with Gasteiger partial charge < -0.3 is 10.5 Å². The fourth-order valence-electron chi connectivity index (χ4n) is 3.23. The topological polar surface area (TPSA) is 52.3 Å². The molecule has 0 aromatic carbocycles. The molecule has 0 aromatic rings. The Kier molecular flexibility index (Phi) is 2.77. The molecular weight excluding hydrogens is 178 g/mol. The van der Waals surface area contributed by atoms with E-state index in [4.69, 9.17) is 5.73 Å². The van der Waals surface area contributed by atoms with Crippen LogP contribution in [-0.4, -0.2) is 19.1 Å². The third-order valence-electron chi connectivity index (χ3n) is 4.01. The van der Waals surface area contributed by atoms with Crippen molar-refractivity contribution in [2.45, 2.75) is 38.1 Å². The summed E-state index contributed by atoms with van der Waals surface area (Å²) in [6, 6.07) is -0.384. The fourth-order valence-corrected chi connectivity index (χ4v) is 3.23. The van der Waals surface area contributed by atoms with Crippen molar-refractivity contribution in [3.8, 4) is 0 Å². The molecule has 3 unspecified atom stereocenters. The average molecular weight is 197 g/mol. The lowest BCUT2D eigenvalue weighted by atomic mass is 9.96. The monoisotopic (exact) mass is 197 g/mol. The Bertz CT molecular complexity index is 217. The molecule has 2 fully saturated rings. The molecule has 0 radical (unpaired) electrons. The van der Waals surface area contributed by atoms with Gasteiger partial charge in [-0.25, -0.2) is 0 Å². The Morgan fingerprint density at radius 2 is 1.93 bits per heavy atom. The summed E-state index contributed by atoms with van der Waals surface area (Å²) in [7, 11) is 1.41. The quantitative estimate of drug-likeness (QED) is 0.679. The molecule has 80 valence electrons. The van der Waals surface area contributed by atoms with Gasteiger partial charge in [0.15, 0.2) is 0 Å². The second kappa shape index (κ2) is 3.89. The van der Waals surface area contributed by atoms with Crippen LogP contribution in [0.4, 0.5) is 0 Å². The summed E-state index contributed by atoms with van der Waals surface area (Å²) in [5.74, 6) is 1.82. The first-order valence-corrected chi connectivity index (χ1v) is 5.55. The number of methoxy groups -OCH3 is 1. The van der Waals surface area contributed by atoms with Gasteiger partial charge in [0.2, 0.25) is 0 Å². The first-order chi connectivity index (χ1) is 6.72. The van der Waals surface area contributed by atoms with Crippen molar-refractivity contribution in [2.75, 3.05) is 7.11 Å². The van der Waals surface area contributed by atoms with Crippen LogP contribution in [0.25, 0.3) is 0 Å². The lowest BCUT2D eigenvalue weighted by Gasteiger charge is -2.17. The van der Waals surface area contributed by atoms with Crippen molar-refractivity contribution in [2.24, 2.45) is 23.5 Å². The molecule has 0 aliphatic heterocycles. The van der Waals surface area contributed by atoms with Gasteiger partial charge in [-0.3, -0.25) is 4.79 Å². The van der Waals surface area contributed by atoms with Crippen LogP contribution < -0.4 is 5.73 Å². The Balaban J connectivity index is 1.92. The van der Waals surface area contributed by atoms with Crippen molar-refractivity contribution >= 4 is 5.97 Å². The predicted molar refractivity (Wildman–Crippen MR) is 53.5 cm³/mol. The highest BCUT2D eigenvalue weighted by Gasteiger charge is 2.41. The van der Waals surface area contributed by atoms with Crippen LogP contribution in [0.3, 0.4) is 0 Å². The van der Waals surface area contributed by atoms with E-state index < -0.39 is 0 Å². The largest absolute Gasteiger partial charge is 0.468 e. The van der Waals surface area contributed by atoms with E-state index in [0.29, 0.717) is 5.92 Å². The Morgan fingerprint density at radius 3 is 2.43 bits per heavy atom. The maximum absolute atomic E-state index is 11.3. The summed E-state index contributed by atoms with van der Waals surface area (Å²) in [6.07, 6.45) is 6.33. The number of rotatable bonds is 2. The summed E-state index contributed by atoms with van der Waals surface area (Å²) >= 11 is 0. The molecule has 0 spiro atoms. The smallest absolute Gasteiger partial charge is 0.322 e. The predicted octanol–water partition coefficient (Wildman–Crippen LogP) is 1.31. The highest BCUT2D eigenvalue weighted by atomic mass is 16.5. The molecule has 0 aromatic heterocycles. The standard InChI is InChI=1S/C11H19NO2/c1-14-11(13)10(12)9-5-7-3-2-4-8(7)6-9/h7-10H,2-6,12H2,1H3. The van der Waals surface area contributed by atoms with E-state index in [1.807, 2.05) is 0 Å². The molecule has 0 saturated heterocycles. The molecule has 0 bridgehead atoms. The number of hydrogen-bond acceptors (Lipinski definition) is 3. The van der Waals surface area contributed by atoms with Gasteiger partial charge in [-0.1, -0.05) is 19.3 Å². The number of carbonyl (C=O) groups is 1. The maximum atomic E-state index is 11.3. The summed E-state index contributed by atoms with van der Waals surface area (Å²) in [5, 5.41) is 0. The number of esters is 1. The van der Waals surface area contributed by atoms with Crippen LogP contribution in [-0.2, 0) is 9.53 Å². The van der Waals surface area contributed by atoms with Crippen LogP contribution >= 0.6 is 0 Å². The first-order valence-electron chi connectivity index (χ1n) is 5.55. The van der Waals surface area contributed by atoms with Gasteiger partial charge in [0.1, 0.15) is 6.04 Å². The van der Waals surface area contributed by atoms with Crippen molar-refractivity contribution in [1.82, 2.24) is 0 Å². The minimum atomic E-state index is -0.384. The van der Waals surface area contributed by atoms with Gasteiger partial charge in [0.05, 0.1) is 7.11 Å². The Morgan fingerprint density at radius 1 is 1.36 bits per heavy atom. The van der Waals surface area contributed by atoms with Crippen LogP contribution in [0.2, 0.25) is 0 Å². The van der Waals surface area contributed by atoms with E-state index >= 15 is 0 Å². The van der Waals surface area contributed by atoms with Gasteiger partial charge in [0, 0.05) is 0 Å². The normalized spacial score (nSPS) is 38.0. The summed E-state index contributed by atoms with van der Waals surface area (Å²) < 4.78 is 4.68. The van der Waals surface area contributed by atoms with E-state index in [1.54, 1.807) is 0 Å². The molecule has 3 nitrogen and oxygen atoms in total. The van der Waals surface area contributed by atoms with Crippen LogP contribution in [0, 0.1) is 17.8 Å². The van der Waals surface area contributed by atoms with E-state index in [9.17, 15) is 4.79 Å². The SMILES string of the molecule is COC(=O)C(N)C1CC2CCCC2C1. The average Bonchev–Trinajstić information content (AvgIpc) is 2.74. The number of fused-ring (bicyclic) bond motifs is 1. The third kappa shape index (κ3) is 1.65. The zero-order valence-corrected chi connectivity index (χ0v) is 8.74. The second-order valence-corrected chi connectivity index (χ2v) is 4.73. The van der Waals surface area contributed by atoms with E-state index in [2.05, 4.69) is 4.74 Å². The number of ether oxygens (including phenoxy) is 1. The molecule has 14 heavy (non-hydrogen) atoms. The molecular formula is C11H19NO2. The molecule has 2 aliphatic carbocycles. The van der Waals surface area contributed by atoms with Crippen molar-refractivity contribution in [3.05, 3.63) is 0 Å². The Labute approximate surface area is 85.0 Å². The Hall–Kier alpha value is -0.570. The zero-order valence-electron chi connectivity index (χ0n) is 8.74. The van der Waals surface area contributed by atoms with Crippen molar-refractivity contribution in [3.63, 3.8) is 0 Å². The molecule has 0 amide bonds. The van der Waals surface area contributed by atoms with Gasteiger partial charge in [-0.15, -0.1) is 0 Å². The van der Waals surface area contributed by atoms with Crippen molar-refractivity contribution < 1.29 is 9.53 Å². The van der Waals surface area contributed by atoms with Crippen LogP contribution in [0.15, 0.2) is 0 Å². The van der Waals surface area contributed by atoms with Crippen LogP contribution in [0.5, 0.6) is 0 Å². The highest BCUT2D eigenvalue weighted by molar-refractivity contribution is 5.75. The summed E-state index contributed by atoms with van der Waals surface area (Å²) in [6.45, 7) is 0. The molecule has 0 heterocycles. The van der Waals surface area contributed by atoms with Gasteiger partial charge in [0.25, 0.3) is 0 Å². The van der Waals surface area contributed by atoms with Crippen molar-refractivity contribution in [1.29, 1.82) is 0 Å². The second-order valence-electron chi connectivity index (χ2n) is 4.73. The molecule has 2 rings (SSSR count). The molecule has 2 aliphatic rings. The molecule has 3 heteroatoms. The minimum Gasteiger partial charge on any atom is -0.468 e. The fraction of sp³-hybridized carbons (Fsp3) is 0.909. The third-order valence-corrected chi connectivity index (χ3v) is 4.01. The zero-order chi connectivity index (χ0) is 10.1. The molecule has 2 saturated carbocycles. The lowest BCUT2D eigenvalue weighted by Crippen LogP contribution is -2.38.